The third-order valence-corrected chi connectivity index (χ3v) is 4.14. The van der Waals surface area contributed by atoms with Crippen LogP contribution in [-0.4, -0.2) is 48.6 Å². The van der Waals surface area contributed by atoms with E-state index in [2.05, 4.69) is 36.6 Å². The van der Waals surface area contributed by atoms with Gasteiger partial charge in [-0.1, -0.05) is 20.8 Å². The summed E-state index contributed by atoms with van der Waals surface area (Å²) in [6.07, 6.45) is 2.72. The largest absolute Gasteiger partial charge is 0.468 e. The molecule has 0 spiro atoms. The van der Waals surface area contributed by atoms with E-state index in [9.17, 15) is 0 Å². The molecule has 0 aliphatic carbocycles. The summed E-state index contributed by atoms with van der Waals surface area (Å²) in [4.78, 5) is 5.04. The molecule has 1 aromatic heterocycles. The van der Waals surface area contributed by atoms with Crippen LogP contribution in [0.15, 0.2) is 22.8 Å². The number of nitrogens with two attached hydrogens (primary N) is 1. The summed E-state index contributed by atoms with van der Waals surface area (Å²) in [5.41, 5.74) is 6.34. The minimum Gasteiger partial charge on any atom is -0.468 e. The van der Waals surface area contributed by atoms with Crippen LogP contribution < -0.4 is 5.73 Å². The van der Waals surface area contributed by atoms with Crippen LogP contribution in [0.1, 0.15) is 39.0 Å². The molecule has 2 N–H and O–H groups in total. The molecule has 4 heteroatoms. The molecule has 0 amide bonds. The maximum absolute atomic E-state index is 6.34. The number of rotatable bonds is 6. The van der Waals surface area contributed by atoms with Gasteiger partial charge in [0.25, 0.3) is 0 Å². The van der Waals surface area contributed by atoms with Crippen molar-refractivity contribution in [1.29, 1.82) is 0 Å². The first-order chi connectivity index (χ1) is 9.61. The van der Waals surface area contributed by atoms with Crippen molar-refractivity contribution in [1.82, 2.24) is 9.80 Å². The molecular formula is C16H29N3O. The Morgan fingerprint density at radius 1 is 1.25 bits per heavy atom. The molecule has 1 aromatic rings. The second-order valence-electron chi connectivity index (χ2n) is 6.26. The molecule has 2 atom stereocenters. The van der Waals surface area contributed by atoms with Crippen molar-refractivity contribution < 1.29 is 4.42 Å². The van der Waals surface area contributed by atoms with Crippen molar-refractivity contribution in [3.8, 4) is 0 Å². The van der Waals surface area contributed by atoms with E-state index in [1.165, 1.54) is 6.54 Å². The van der Waals surface area contributed by atoms with Gasteiger partial charge in [-0.2, -0.15) is 0 Å². The van der Waals surface area contributed by atoms with E-state index in [-0.39, 0.29) is 12.1 Å². The molecule has 1 fully saturated rings. The lowest BCUT2D eigenvalue weighted by Gasteiger charge is -2.40. The maximum Gasteiger partial charge on any atom is 0.122 e. The predicted octanol–water partition coefficient (Wildman–Crippen LogP) is 2.33. The summed E-state index contributed by atoms with van der Waals surface area (Å²) in [6.45, 7) is 12.3. The summed E-state index contributed by atoms with van der Waals surface area (Å²) >= 11 is 0. The standard InChI is InChI=1S/C16H29N3O/c1-4-14(17)16(15-6-5-11-20-15)19-9-7-18(8-10-19)12-13(2)3/h5-6,11,13-14,16H,4,7-10,12,17H2,1-3H3. The maximum atomic E-state index is 6.34. The molecule has 2 heterocycles. The number of nitrogens with zero attached hydrogens (tertiary/aromatic N) is 2. The van der Waals surface area contributed by atoms with Gasteiger partial charge in [0.2, 0.25) is 0 Å². The molecule has 0 saturated carbocycles. The quantitative estimate of drug-likeness (QED) is 0.868. The zero-order valence-electron chi connectivity index (χ0n) is 13.1. The van der Waals surface area contributed by atoms with Gasteiger partial charge in [-0.3, -0.25) is 4.90 Å². The number of hydrogen-bond acceptors (Lipinski definition) is 4. The van der Waals surface area contributed by atoms with Crippen LogP contribution in [0.2, 0.25) is 0 Å². The zero-order valence-corrected chi connectivity index (χ0v) is 13.1. The van der Waals surface area contributed by atoms with Gasteiger partial charge in [-0.05, 0) is 24.5 Å². The summed E-state index contributed by atoms with van der Waals surface area (Å²) in [7, 11) is 0. The smallest absolute Gasteiger partial charge is 0.122 e. The van der Waals surface area contributed by atoms with Gasteiger partial charge in [-0.15, -0.1) is 0 Å². The van der Waals surface area contributed by atoms with E-state index in [0.29, 0.717) is 0 Å². The molecule has 1 aliphatic heterocycles. The topological polar surface area (TPSA) is 45.6 Å². The van der Waals surface area contributed by atoms with Crippen molar-refractivity contribution in [3.05, 3.63) is 24.2 Å². The molecule has 114 valence electrons. The van der Waals surface area contributed by atoms with E-state index in [4.69, 9.17) is 10.2 Å². The average molecular weight is 279 g/mol. The molecule has 0 radical (unpaired) electrons. The van der Waals surface area contributed by atoms with Crippen LogP contribution in [0.3, 0.4) is 0 Å². The van der Waals surface area contributed by atoms with Gasteiger partial charge < -0.3 is 15.1 Å². The predicted molar refractivity (Wildman–Crippen MR) is 82.6 cm³/mol. The molecule has 4 nitrogen and oxygen atoms in total. The first kappa shape index (κ1) is 15.5. The van der Waals surface area contributed by atoms with E-state index >= 15 is 0 Å². The van der Waals surface area contributed by atoms with Crippen LogP contribution in [0.4, 0.5) is 0 Å². The minimum absolute atomic E-state index is 0.137. The third kappa shape index (κ3) is 3.84. The van der Waals surface area contributed by atoms with Gasteiger partial charge in [0, 0.05) is 38.8 Å². The SMILES string of the molecule is CCC(N)C(c1ccco1)N1CCN(CC(C)C)CC1. The summed E-state index contributed by atoms with van der Waals surface area (Å²) in [5.74, 6) is 1.75. The van der Waals surface area contributed by atoms with Crippen LogP contribution in [0.25, 0.3) is 0 Å². The van der Waals surface area contributed by atoms with E-state index in [1.54, 1.807) is 6.26 Å². The van der Waals surface area contributed by atoms with Gasteiger partial charge in [0.1, 0.15) is 5.76 Å². The Kier molecular flexibility index (Phi) is 5.64. The average Bonchev–Trinajstić information content (AvgIpc) is 2.94. The Labute approximate surface area is 122 Å². The lowest BCUT2D eigenvalue weighted by atomic mass is 10.0. The highest BCUT2D eigenvalue weighted by molar-refractivity contribution is 5.08. The van der Waals surface area contributed by atoms with E-state index < -0.39 is 0 Å². The summed E-state index contributed by atoms with van der Waals surface area (Å²) in [5, 5.41) is 0. The highest BCUT2D eigenvalue weighted by atomic mass is 16.3. The minimum atomic E-state index is 0.137. The fraction of sp³-hybridized carbons (Fsp3) is 0.750. The molecule has 2 rings (SSSR count). The van der Waals surface area contributed by atoms with Gasteiger partial charge >= 0.3 is 0 Å². The first-order valence-corrected chi connectivity index (χ1v) is 7.87. The van der Waals surface area contributed by atoms with Gasteiger partial charge in [0.05, 0.1) is 12.3 Å². The summed E-state index contributed by atoms with van der Waals surface area (Å²) in [6, 6.07) is 4.37. The van der Waals surface area contributed by atoms with Crippen LogP contribution >= 0.6 is 0 Å². The molecule has 0 aromatic carbocycles. The van der Waals surface area contributed by atoms with Gasteiger partial charge in [0.15, 0.2) is 0 Å². The Morgan fingerprint density at radius 3 is 2.45 bits per heavy atom. The van der Waals surface area contributed by atoms with Crippen LogP contribution in [0, 0.1) is 5.92 Å². The fourth-order valence-corrected chi connectivity index (χ4v) is 3.09. The van der Waals surface area contributed by atoms with Crippen LogP contribution in [-0.2, 0) is 0 Å². The van der Waals surface area contributed by atoms with Crippen molar-refractivity contribution in [2.45, 2.75) is 39.3 Å². The number of hydrogen-bond donors (Lipinski definition) is 1. The first-order valence-electron chi connectivity index (χ1n) is 7.87. The van der Waals surface area contributed by atoms with Crippen molar-refractivity contribution in [2.75, 3.05) is 32.7 Å². The Bertz CT molecular complexity index is 369. The fourth-order valence-electron chi connectivity index (χ4n) is 3.09. The van der Waals surface area contributed by atoms with Crippen molar-refractivity contribution in [3.63, 3.8) is 0 Å². The molecular weight excluding hydrogens is 250 g/mol. The second kappa shape index (κ2) is 7.25. The molecule has 2 unspecified atom stereocenters. The summed E-state index contributed by atoms with van der Waals surface area (Å²) < 4.78 is 5.63. The highest BCUT2D eigenvalue weighted by Crippen LogP contribution is 2.26. The van der Waals surface area contributed by atoms with E-state index in [1.807, 2.05) is 6.07 Å². The van der Waals surface area contributed by atoms with Crippen molar-refractivity contribution >= 4 is 0 Å². The Hall–Kier alpha value is -0.840. The van der Waals surface area contributed by atoms with E-state index in [0.717, 1.165) is 44.3 Å². The monoisotopic (exact) mass is 279 g/mol. The molecule has 0 bridgehead atoms. The Morgan fingerprint density at radius 2 is 1.95 bits per heavy atom. The second-order valence-corrected chi connectivity index (χ2v) is 6.26. The highest BCUT2D eigenvalue weighted by Gasteiger charge is 2.30. The number of piperazine rings is 1. The lowest BCUT2D eigenvalue weighted by Crippen LogP contribution is -2.51. The van der Waals surface area contributed by atoms with Gasteiger partial charge in [-0.25, -0.2) is 0 Å². The third-order valence-electron chi connectivity index (χ3n) is 4.14. The lowest BCUT2D eigenvalue weighted by molar-refractivity contribution is 0.0684. The number of furan rings is 1. The van der Waals surface area contributed by atoms with Crippen LogP contribution in [0.5, 0.6) is 0 Å². The molecule has 20 heavy (non-hydrogen) atoms. The molecule has 1 saturated heterocycles. The normalized spacial score (nSPS) is 21.2. The zero-order chi connectivity index (χ0) is 14.5. The Balaban J connectivity index is 1.98. The van der Waals surface area contributed by atoms with Crippen molar-refractivity contribution in [2.24, 2.45) is 11.7 Å². The molecule has 1 aliphatic rings.